The molecule has 2 atom stereocenters. The van der Waals surface area contributed by atoms with E-state index in [4.69, 9.17) is 4.74 Å². The molecular weight excluding hydrogens is 449 g/mol. The number of aliphatic carboxylic acids is 1. The second-order valence-electron chi connectivity index (χ2n) is 8.08. The minimum Gasteiger partial charge on any atom is -0.494 e. The Bertz CT molecular complexity index is 1270. The summed E-state index contributed by atoms with van der Waals surface area (Å²) in [6, 6.07) is 12.2. The van der Waals surface area contributed by atoms with Gasteiger partial charge >= 0.3 is 5.97 Å². The zero-order chi connectivity index (χ0) is 23.8. The lowest BCUT2D eigenvalue weighted by molar-refractivity contribution is -0.136. The molecule has 0 bridgehead atoms. The second kappa shape index (κ2) is 8.75. The third kappa shape index (κ3) is 4.20. The predicted molar refractivity (Wildman–Crippen MR) is 121 cm³/mol. The molecule has 0 aliphatic carbocycles. The van der Waals surface area contributed by atoms with Gasteiger partial charge in [0.15, 0.2) is 0 Å². The third-order valence-corrected chi connectivity index (χ3v) is 7.90. The van der Waals surface area contributed by atoms with Crippen molar-refractivity contribution in [3.05, 3.63) is 54.2 Å². The molecule has 3 aromatic rings. The molecule has 8 nitrogen and oxygen atoms in total. The number of benzene rings is 2. The number of carbonyl (C=O) groups is 1. The number of sulfonamides is 1. The molecule has 1 N–H and O–H groups in total. The minimum atomic E-state index is -3.96. The van der Waals surface area contributed by atoms with Crippen LogP contribution in [0.25, 0.3) is 10.9 Å². The normalized spacial score (nSPS) is 21.5. The first-order chi connectivity index (χ1) is 15.7. The van der Waals surface area contributed by atoms with E-state index in [9.17, 15) is 18.3 Å². The minimum absolute atomic E-state index is 0.0574. The molecule has 10 heteroatoms. The molecule has 0 radical (unpaired) electrons. The predicted octanol–water partition coefficient (Wildman–Crippen LogP) is 3.43. The Labute approximate surface area is 191 Å². The number of hydrogen-bond donors (Lipinski definition) is 1. The average Bonchev–Trinajstić information content (AvgIpc) is 3.33. The van der Waals surface area contributed by atoms with E-state index in [0.29, 0.717) is 29.0 Å². The molecule has 2 heterocycles. The molecule has 4 rings (SSSR count). The Hall–Kier alpha value is -2.98. The topological polar surface area (TPSA) is 102 Å². The largest absolute Gasteiger partial charge is 0.494 e. The smallest absolute Gasteiger partial charge is 0.309 e. The fraction of sp³-hybridized carbons (Fsp3) is 0.391. The van der Waals surface area contributed by atoms with Gasteiger partial charge in [0.1, 0.15) is 17.5 Å². The summed E-state index contributed by atoms with van der Waals surface area (Å²) in [7, 11) is -3.96. The molecule has 176 valence electrons. The van der Waals surface area contributed by atoms with Crippen LogP contribution in [-0.4, -0.2) is 58.9 Å². The standard InChI is InChI=1S/C23H26FN3O5S/c1-3-23(24)15-26(33(30,31)17-11-9-16(10-12-17)32-4-2)14-21(23)27-20-8-6-5-7-18(20)19(25-27)13-22(28)29/h5-12,21H,3-4,13-15H2,1-2H3,(H,28,29)/t21-,23-/m0/s1. The number of alkyl halides is 1. The number of fused-ring (bicyclic) bond motifs is 1. The van der Waals surface area contributed by atoms with Crippen molar-refractivity contribution < 1.29 is 27.4 Å². The van der Waals surface area contributed by atoms with Crippen molar-refractivity contribution in [2.24, 2.45) is 0 Å². The fourth-order valence-electron chi connectivity index (χ4n) is 4.34. The molecule has 1 fully saturated rings. The molecule has 1 aromatic heterocycles. The summed E-state index contributed by atoms with van der Waals surface area (Å²) in [6.45, 7) is 3.54. The van der Waals surface area contributed by atoms with E-state index in [-0.39, 0.29) is 30.8 Å². The molecule has 1 aliphatic rings. The molecular formula is C23H26FN3O5S. The highest BCUT2D eigenvalue weighted by molar-refractivity contribution is 7.89. The zero-order valence-electron chi connectivity index (χ0n) is 18.4. The highest BCUT2D eigenvalue weighted by Crippen LogP contribution is 2.42. The maximum atomic E-state index is 16.1. The molecule has 1 saturated heterocycles. The van der Waals surface area contributed by atoms with E-state index < -0.39 is 27.7 Å². The van der Waals surface area contributed by atoms with Crippen LogP contribution < -0.4 is 4.74 Å². The third-order valence-electron chi connectivity index (χ3n) is 6.08. The van der Waals surface area contributed by atoms with Crippen LogP contribution in [-0.2, 0) is 21.2 Å². The number of hydrogen-bond acceptors (Lipinski definition) is 5. The fourth-order valence-corrected chi connectivity index (χ4v) is 5.84. The van der Waals surface area contributed by atoms with Crippen LogP contribution in [0.3, 0.4) is 0 Å². The molecule has 0 amide bonds. The Morgan fingerprint density at radius 3 is 2.55 bits per heavy atom. The molecule has 0 saturated carbocycles. The van der Waals surface area contributed by atoms with E-state index >= 15 is 4.39 Å². The maximum absolute atomic E-state index is 16.1. The van der Waals surface area contributed by atoms with Gasteiger partial charge in [0.2, 0.25) is 10.0 Å². The molecule has 2 aromatic carbocycles. The lowest BCUT2D eigenvalue weighted by Gasteiger charge is -2.25. The second-order valence-corrected chi connectivity index (χ2v) is 10.0. The van der Waals surface area contributed by atoms with Crippen molar-refractivity contribution >= 4 is 26.9 Å². The van der Waals surface area contributed by atoms with Gasteiger partial charge in [-0.05, 0) is 43.7 Å². The van der Waals surface area contributed by atoms with Gasteiger partial charge < -0.3 is 9.84 Å². The van der Waals surface area contributed by atoms with Gasteiger partial charge in [-0.15, -0.1) is 0 Å². The Kier molecular flexibility index (Phi) is 6.15. The average molecular weight is 476 g/mol. The van der Waals surface area contributed by atoms with E-state index in [0.717, 1.165) is 4.31 Å². The van der Waals surface area contributed by atoms with Crippen molar-refractivity contribution in [1.29, 1.82) is 0 Å². The lowest BCUT2D eigenvalue weighted by Crippen LogP contribution is -2.35. The summed E-state index contributed by atoms with van der Waals surface area (Å²) in [4.78, 5) is 11.4. The first-order valence-electron chi connectivity index (χ1n) is 10.8. The van der Waals surface area contributed by atoms with Gasteiger partial charge in [0, 0.05) is 11.9 Å². The van der Waals surface area contributed by atoms with Crippen LogP contribution >= 0.6 is 0 Å². The van der Waals surface area contributed by atoms with Gasteiger partial charge in [-0.25, -0.2) is 12.8 Å². The van der Waals surface area contributed by atoms with Crippen LogP contribution in [0.4, 0.5) is 4.39 Å². The van der Waals surface area contributed by atoms with Gasteiger partial charge in [-0.3, -0.25) is 9.48 Å². The van der Waals surface area contributed by atoms with Gasteiger partial charge in [-0.1, -0.05) is 25.1 Å². The number of ether oxygens (including phenoxy) is 1. The number of halogens is 1. The molecule has 1 aliphatic heterocycles. The van der Waals surface area contributed by atoms with Crippen LogP contribution in [0.5, 0.6) is 5.75 Å². The number of carboxylic acid groups (broad SMARTS) is 1. The first kappa shape index (κ1) is 23.2. The Morgan fingerprint density at radius 2 is 1.91 bits per heavy atom. The molecule has 0 unspecified atom stereocenters. The summed E-state index contributed by atoms with van der Waals surface area (Å²) in [5, 5.41) is 14.3. The SMILES string of the molecule is CCOc1ccc(S(=O)(=O)N2C[C@H](n3nc(CC(=O)O)c4ccccc43)[C@](F)(CC)C2)cc1. The van der Waals surface area contributed by atoms with E-state index in [1.807, 2.05) is 6.92 Å². The van der Waals surface area contributed by atoms with Crippen molar-refractivity contribution in [1.82, 2.24) is 14.1 Å². The lowest BCUT2D eigenvalue weighted by atomic mass is 9.97. The summed E-state index contributed by atoms with van der Waals surface area (Å²) < 4.78 is 50.7. The summed E-state index contributed by atoms with van der Waals surface area (Å²) >= 11 is 0. The highest BCUT2D eigenvalue weighted by Gasteiger charge is 2.51. The molecule has 0 spiro atoms. The maximum Gasteiger partial charge on any atom is 0.309 e. The van der Waals surface area contributed by atoms with Crippen LogP contribution in [0, 0.1) is 0 Å². The van der Waals surface area contributed by atoms with Crippen molar-refractivity contribution in [3.63, 3.8) is 0 Å². The zero-order valence-corrected chi connectivity index (χ0v) is 19.3. The number of nitrogens with zero attached hydrogens (tertiary/aromatic N) is 3. The van der Waals surface area contributed by atoms with Crippen LogP contribution in [0.1, 0.15) is 32.0 Å². The number of para-hydroxylation sites is 1. The van der Waals surface area contributed by atoms with Crippen LogP contribution in [0.2, 0.25) is 0 Å². The summed E-state index contributed by atoms with van der Waals surface area (Å²) in [6.07, 6.45) is -0.227. The number of rotatable bonds is 8. The van der Waals surface area contributed by atoms with Crippen molar-refractivity contribution in [3.8, 4) is 5.75 Å². The molecule has 33 heavy (non-hydrogen) atoms. The quantitative estimate of drug-likeness (QED) is 0.536. The van der Waals surface area contributed by atoms with E-state index in [2.05, 4.69) is 5.10 Å². The van der Waals surface area contributed by atoms with E-state index in [1.54, 1.807) is 43.3 Å². The van der Waals surface area contributed by atoms with E-state index in [1.165, 1.54) is 16.8 Å². The van der Waals surface area contributed by atoms with Gasteiger partial charge in [0.05, 0.1) is 35.7 Å². The first-order valence-corrected chi connectivity index (χ1v) is 12.2. The highest BCUT2D eigenvalue weighted by atomic mass is 32.2. The monoisotopic (exact) mass is 475 g/mol. The van der Waals surface area contributed by atoms with Crippen LogP contribution in [0.15, 0.2) is 53.4 Å². The Morgan fingerprint density at radius 1 is 1.21 bits per heavy atom. The van der Waals surface area contributed by atoms with Gasteiger partial charge in [-0.2, -0.15) is 9.40 Å². The Balaban J connectivity index is 1.72. The van der Waals surface area contributed by atoms with Gasteiger partial charge in [0.25, 0.3) is 0 Å². The summed E-state index contributed by atoms with van der Waals surface area (Å²) in [5.41, 5.74) is -0.966. The van der Waals surface area contributed by atoms with Crippen molar-refractivity contribution in [2.45, 2.75) is 43.3 Å². The van der Waals surface area contributed by atoms with Crippen molar-refractivity contribution in [2.75, 3.05) is 19.7 Å². The number of carboxylic acids is 1. The number of aromatic nitrogens is 2. The summed E-state index contributed by atoms with van der Waals surface area (Å²) in [5.74, 6) is -0.489.